The molecular weight excluding hydrogens is 148 g/mol. The average Bonchev–Trinajstić information content (AvgIpc) is 1.99. The van der Waals surface area contributed by atoms with E-state index < -0.39 is 0 Å². The topological polar surface area (TPSA) is 29.3 Å². The Balaban J connectivity index is 3.97. The molecule has 74 valence electrons. The first-order valence-corrected chi connectivity index (χ1v) is 4.77. The maximum absolute atomic E-state index is 5.78. The zero-order valence-corrected chi connectivity index (χ0v) is 9.22. The smallest absolute Gasteiger partial charge is 0.00191 e. The minimum atomic E-state index is 0.310. The van der Waals surface area contributed by atoms with Crippen molar-refractivity contribution in [2.24, 2.45) is 17.1 Å². The lowest BCUT2D eigenvalue weighted by Gasteiger charge is -2.33. The standard InChI is InChI=1S/C10H24N2/c1-9(2)10(3,8-11)6-7-12(4)5/h9H,6-8,11H2,1-5H3. The SMILES string of the molecule is CC(C)C(C)(CN)CCN(C)C. The fourth-order valence-corrected chi connectivity index (χ4v) is 1.11. The van der Waals surface area contributed by atoms with Crippen LogP contribution in [0.3, 0.4) is 0 Å². The van der Waals surface area contributed by atoms with E-state index in [9.17, 15) is 0 Å². The Kier molecular flexibility index (Phi) is 4.80. The van der Waals surface area contributed by atoms with Gasteiger partial charge in [0.1, 0.15) is 0 Å². The Morgan fingerprint density at radius 2 is 1.83 bits per heavy atom. The van der Waals surface area contributed by atoms with Crippen LogP contribution in [0.15, 0.2) is 0 Å². The molecule has 0 spiro atoms. The van der Waals surface area contributed by atoms with E-state index in [1.807, 2.05) is 0 Å². The van der Waals surface area contributed by atoms with Gasteiger partial charge in [0.2, 0.25) is 0 Å². The van der Waals surface area contributed by atoms with Crippen LogP contribution in [0.5, 0.6) is 0 Å². The quantitative estimate of drug-likeness (QED) is 0.682. The molecule has 0 aromatic carbocycles. The summed E-state index contributed by atoms with van der Waals surface area (Å²) in [4.78, 5) is 2.22. The summed E-state index contributed by atoms with van der Waals surface area (Å²) in [6, 6.07) is 0. The van der Waals surface area contributed by atoms with Crippen molar-refractivity contribution in [1.82, 2.24) is 4.90 Å². The molecule has 0 amide bonds. The molecule has 12 heavy (non-hydrogen) atoms. The van der Waals surface area contributed by atoms with Crippen LogP contribution in [0, 0.1) is 11.3 Å². The van der Waals surface area contributed by atoms with Crippen molar-refractivity contribution in [2.45, 2.75) is 27.2 Å². The molecule has 1 unspecified atom stereocenters. The zero-order valence-electron chi connectivity index (χ0n) is 9.22. The molecule has 0 aliphatic rings. The molecule has 0 aliphatic carbocycles. The highest BCUT2D eigenvalue weighted by Crippen LogP contribution is 2.29. The Hall–Kier alpha value is -0.0800. The molecule has 0 saturated heterocycles. The second kappa shape index (κ2) is 4.83. The molecule has 0 aliphatic heterocycles. The summed E-state index contributed by atoms with van der Waals surface area (Å²) >= 11 is 0. The fraction of sp³-hybridized carbons (Fsp3) is 1.00. The molecule has 0 saturated carbocycles. The van der Waals surface area contributed by atoms with Gasteiger partial charge in [-0.1, -0.05) is 20.8 Å². The Morgan fingerprint density at radius 1 is 1.33 bits per heavy atom. The van der Waals surface area contributed by atoms with E-state index in [0.29, 0.717) is 11.3 Å². The van der Waals surface area contributed by atoms with E-state index >= 15 is 0 Å². The highest BCUT2D eigenvalue weighted by atomic mass is 15.0. The summed E-state index contributed by atoms with van der Waals surface area (Å²) in [5.41, 5.74) is 6.09. The third-order valence-corrected chi connectivity index (χ3v) is 2.99. The Labute approximate surface area is 77.1 Å². The molecule has 0 aromatic rings. The normalized spacial score (nSPS) is 17.0. The molecule has 0 fully saturated rings. The molecule has 2 nitrogen and oxygen atoms in total. The van der Waals surface area contributed by atoms with Crippen molar-refractivity contribution in [2.75, 3.05) is 27.2 Å². The van der Waals surface area contributed by atoms with Crippen LogP contribution in [0.2, 0.25) is 0 Å². The van der Waals surface area contributed by atoms with Gasteiger partial charge in [-0.05, 0) is 44.9 Å². The summed E-state index contributed by atoms with van der Waals surface area (Å²) in [6.07, 6.45) is 1.19. The van der Waals surface area contributed by atoms with Crippen LogP contribution >= 0.6 is 0 Å². The van der Waals surface area contributed by atoms with Crippen LogP contribution in [-0.2, 0) is 0 Å². The lowest BCUT2D eigenvalue weighted by Crippen LogP contribution is -2.35. The molecule has 1 atom stereocenters. The molecule has 2 N–H and O–H groups in total. The van der Waals surface area contributed by atoms with Crippen molar-refractivity contribution in [3.8, 4) is 0 Å². The summed E-state index contributed by atoms with van der Waals surface area (Å²) in [5, 5.41) is 0. The summed E-state index contributed by atoms with van der Waals surface area (Å²) in [6.45, 7) is 8.70. The third-order valence-electron chi connectivity index (χ3n) is 2.99. The summed E-state index contributed by atoms with van der Waals surface area (Å²) < 4.78 is 0. The lowest BCUT2D eigenvalue weighted by molar-refractivity contribution is 0.185. The van der Waals surface area contributed by atoms with Crippen molar-refractivity contribution in [3.05, 3.63) is 0 Å². The molecular formula is C10H24N2. The molecule has 0 heterocycles. The first-order valence-electron chi connectivity index (χ1n) is 4.77. The zero-order chi connectivity index (χ0) is 9.78. The van der Waals surface area contributed by atoms with Crippen molar-refractivity contribution in [3.63, 3.8) is 0 Å². The predicted octanol–water partition coefficient (Wildman–Crippen LogP) is 1.56. The largest absolute Gasteiger partial charge is 0.330 e. The maximum Gasteiger partial charge on any atom is -0.00191 e. The molecule has 2 heteroatoms. The van der Waals surface area contributed by atoms with Gasteiger partial charge in [0.15, 0.2) is 0 Å². The van der Waals surface area contributed by atoms with Crippen LogP contribution < -0.4 is 5.73 Å². The van der Waals surface area contributed by atoms with E-state index in [1.54, 1.807) is 0 Å². The van der Waals surface area contributed by atoms with E-state index in [1.165, 1.54) is 6.42 Å². The van der Waals surface area contributed by atoms with Gasteiger partial charge in [-0.25, -0.2) is 0 Å². The second-order valence-electron chi connectivity index (χ2n) is 4.57. The number of nitrogens with zero attached hydrogens (tertiary/aromatic N) is 1. The number of rotatable bonds is 5. The van der Waals surface area contributed by atoms with Gasteiger partial charge in [0, 0.05) is 0 Å². The van der Waals surface area contributed by atoms with Crippen LogP contribution in [-0.4, -0.2) is 32.1 Å². The lowest BCUT2D eigenvalue weighted by atomic mass is 9.76. The first-order chi connectivity index (χ1) is 5.42. The van der Waals surface area contributed by atoms with Crippen LogP contribution in [0.25, 0.3) is 0 Å². The minimum absolute atomic E-state index is 0.310. The monoisotopic (exact) mass is 172 g/mol. The van der Waals surface area contributed by atoms with E-state index in [2.05, 4.69) is 39.8 Å². The van der Waals surface area contributed by atoms with E-state index in [0.717, 1.165) is 13.1 Å². The average molecular weight is 172 g/mol. The van der Waals surface area contributed by atoms with Gasteiger partial charge in [0.25, 0.3) is 0 Å². The Bertz CT molecular complexity index is 121. The molecule has 0 rings (SSSR count). The highest BCUT2D eigenvalue weighted by molar-refractivity contribution is 4.79. The van der Waals surface area contributed by atoms with Gasteiger partial charge >= 0.3 is 0 Å². The number of nitrogens with two attached hydrogens (primary N) is 1. The van der Waals surface area contributed by atoms with Gasteiger partial charge in [-0.15, -0.1) is 0 Å². The first kappa shape index (κ1) is 11.9. The minimum Gasteiger partial charge on any atom is -0.330 e. The highest BCUT2D eigenvalue weighted by Gasteiger charge is 2.26. The van der Waals surface area contributed by atoms with Gasteiger partial charge in [0.05, 0.1) is 0 Å². The molecule has 0 radical (unpaired) electrons. The van der Waals surface area contributed by atoms with E-state index in [-0.39, 0.29) is 0 Å². The van der Waals surface area contributed by atoms with Crippen LogP contribution in [0.1, 0.15) is 27.2 Å². The summed E-state index contributed by atoms with van der Waals surface area (Å²) in [7, 11) is 4.22. The van der Waals surface area contributed by atoms with Crippen molar-refractivity contribution >= 4 is 0 Å². The number of hydrogen-bond acceptors (Lipinski definition) is 2. The van der Waals surface area contributed by atoms with Crippen molar-refractivity contribution in [1.29, 1.82) is 0 Å². The molecule has 0 bridgehead atoms. The van der Waals surface area contributed by atoms with Gasteiger partial charge in [-0.2, -0.15) is 0 Å². The van der Waals surface area contributed by atoms with Crippen molar-refractivity contribution < 1.29 is 0 Å². The summed E-state index contributed by atoms with van der Waals surface area (Å²) in [5.74, 6) is 0.669. The van der Waals surface area contributed by atoms with Crippen LogP contribution in [0.4, 0.5) is 0 Å². The van der Waals surface area contributed by atoms with Gasteiger partial charge < -0.3 is 10.6 Å². The van der Waals surface area contributed by atoms with E-state index in [4.69, 9.17) is 5.73 Å². The fourth-order valence-electron chi connectivity index (χ4n) is 1.11. The Morgan fingerprint density at radius 3 is 2.08 bits per heavy atom. The predicted molar refractivity (Wildman–Crippen MR) is 55.2 cm³/mol. The van der Waals surface area contributed by atoms with Gasteiger partial charge in [-0.3, -0.25) is 0 Å². The number of hydrogen-bond donors (Lipinski definition) is 1. The second-order valence-corrected chi connectivity index (χ2v) is 4.57. The maximum atomic E-state index is 5.78. The third kappa shape index (κ3) is 3.55. The molecule has 0 aromatic heterocycles.